The molecule has 0 saturated heterocycles. The summed E-state index contributed by atoms with van der Waals surface area (Å²) in [6.07, 6.45) is 1.99. The van der Waals surface area contributed by atoms with Crippen LogP contribution < -0.4 is 11.3 Å². The first-order valence-corrected chi connectivity index (χ1v) is 7.11. The highest BCUT2D eigenvalue weighted by atomic mass is 32.2. The fourth-order valence-electron chi connectivity index (χ4n) is 1.75. The largest absolute Gasteiger partial charge is 0.468 e. The second-order valence-electron chi connectivity index (χ2n) is 4.09. The summed E-state index contributed by atoms with van der Waals surface area (Å²) in [5, 5.41) is 0. The monoisotopic (exact) mass is 276 g/mol. The van der Waals surface area contributed by atoms with Crippen molar-refractivity contribution < 1.29 is 9.21 Å². The van der Waals surface area contributed by atoms with Crippen LogP contribution in [-0.4, -0.2) is 5.91 Å². The Bertz CT molecular complexity index is 526. The zero-order chi connectivity index (χ0) is 13.5. The average molecular weight is 276 g/mol. The van der Waals surface area contributed by atoms with Crippen LogP contribution in [0, 0.1) is 0 Å². The number of hydrogen-bond acceptors (Lipinski definition) is 4. The number of benzene rings is 1. The van der Waals surface area contributed by atoms with Crippen molar-refractivity contribution in [3.63, 3.8) is 0 Å². The third-order valence-corrected chi connectivity index (χ3v) is 3.72. The lowest BCUT2D eigenvalue weighted by Gasteiger charge is -2.08. The summed E-state index contributed by atoms with van der Waals surface area (Å²) in [7, 11) is 0. The first-order valence-electron chi connectivity index (χ1n) is 5.96. The number of amides is 1. The van der Waals surface area contributed by atoms with Crippen LogP contribution in [0.4, 0.5) is 0 Å². The second kappa shape index (κ2) is 7.01. The van der Waals surface area contributed by atoms with Crippen LogP contribution in [0.15, 0.2) is 47.1 Å². The summed E-state index contributed by atoms with van der Waals surface area (Å²) in [4.78, 5) is 11.3. The number of nitrogens with one attached hydrogen (secondary N) is 1. The van der Waals surface area contributed by atoms with Crippen LogP contribution in [0.5, 0.6) is 0 Å². The average Bonchev–Trinajstić information content (AvgIpc) is 2.94. The van der Waals surface area contributed by atoms with Gasteiger partial charge in [-0.3, -0.25) is 10.2 Å². The first-order chi connectivity index (χ1) is 9.29. The van der Waals surface area contributed by atoms with Crippen molar-refractivity contribution in [3.05, 3.63) is 59.5 Å². The molecule has 5 heteroatoms. The van der Waals surface area contributed by atoms with Crippen molar-refractivity contribution in [3.8, 4) is 0 Å². The molecule has 0 saturated carbocycles. The maximum absolute atomic E-state index is 11.3. The van der Waals surface area contributed by atoms with Gasteiger partial charge in [-0.1, -0.05) is 24.3 Å². The van der Waals surface area contributed by atoms with E-state index in [1.54, 1.807) is 18.0 Å². The summed E-state index contributed by atoms with van der Waals surface area (Å²) in [6.45, 7) is 0. The molecule has 2 rings (SSSR count). The fraction of sp³-hybridized carbons (Fsp3) is 0.214. The molecular weight excluding hydrogens is 260 g/mol. The molecule has 2 aromatic rings. The third-order valence-electron chi connectivity index (χ3n) is 2.71. The van der Waals surface area contributed by atoms with Gasteiger partial charge in [0.1, 0.15) is 5.76 Å². The van der Waals surface area contributed by atoms with Crippen molar-refractivity contribution in [2.24, 2.45) is 5.84 Å². The number of furan rings is 1. The molecule has 1 heterocycles. The van der Waals surface area contributed by atoms with Gasteiger partial charge >= 0.3 is 0 Å². The Balaban J connectivity index is 1.93. The standard InChI is InChI=1S/C14H16N2O2S/c15-16-14(17)8-11-4-1-2-5-12(11)9-19-10-13-6-3-7-18-13/h1-7H,8-10,15H2,(H,16,17). The van der Waals surface area contributed by atoms with E-state index < -0.39 is 0 Å². The highest BCUT2D eigenvalue weighted by Crippen LogP contribution is 2.21. The molecule has 0 radical (unpaired) electrons. The van der Waals surface area contributed by atoms with Crippen molar-refractivity contribution in [2.75, 3.05) is 0 Å². The van der Waals surface area contributed by atoms with Crippen LogP contribution in [0.25, 0.3) is 0 Å². The Morgan fingerprint density at radius 2 is 1.95 bits per heavy atom. The highest BCUT2D eigenvalue weighted by molar-refractivity contribution is 7.97. The molecule has 0 aliphatic rings. The number of nitrogens with two attached hydrogens (primary N) is 1. The molecule has 100 valence electrons. The van der Waals surface area contributed by atoms with Gasteiger partial charge in [-0.05, 0) is 23.3 Å². The molecule has 4 nitrogen and oxygen atoms in total. The molecule has 0 aliphatic heterocycles. The molecule has 0 unspecified atom stereocenters. The van der Waals surface area contributed by atoms with E-state index in [1.807, 2.05) is 36.4 Å². The van der Waals surface area contributed by atoms with Gasteiger partial charge in [-0.2, -0.15) is 0 Å². The molecule has 0 aliphatic carbocycles. The molecule has 0 atom stereocenters. The summed E-state index contributed by atoms with van der Waals surface area (Å²) in [5.74, 6) is 7.57. The Morgan fingerprint density at radius 1 is 1.16 bits per heavy atom. The smallest absolute Gasteiger partial charge is 0.238 e. The lowest BCUT2D eigenvalue weighted by Crippen LogP contribution is -2.31. The Hall–Kier alpha value is -1.72. The Morgan fingerprint density at radius 3 is 2.63 bits per heavy atom. The minimum Gasteiger partial charge on any atom is -0.468 e. The summed E-state index contributed by atoms with van der Waals surface area (Å²) < 4.78 is 5.28. The molecule has 0 spiro atoms. The molecule has 0 bridgehead atoms. The summed E-state index contributed by atoms with van der Waals surface area (Å²) in [6, 6.07) is 11.7. The van der Waals surface area contributed by atoms with Crippen molar-refractivity contribution in [2.45, 2.75) is 17.9 Å². The van der Waals surface area contributed by atoms with Crippen LogP contribution >= 0.6 is 11.8 Å². The number of hydrazine groups is 1. The molecule has 1 aromatic carbocycles. The molecule has 0 fully saturated rings. The van der Waals surface area contributed by atoms with Gasteiger partial charge in [0, 0.05) is 5.75 Å². The SMILES string of the molecule is NNC(=O)Cc1ccccc1CSCc1ccco1. The lowest BCUT2D eigenvalue weighted by atomic mass is 10.1. The molecular formula is C14H16N2O2S. The zero-order valence-corrected chi connectivity index (χ0v) is 11.3. The minimum atomic E-state index is -0.177. The number of hydrogen-bond donors (Lipinski definition) is 2. The quantitative estimate of drug-likeness (QED) is 0.482. The van der Waals surface area contributed by atoms with Gasteiger partial charge in [-0.15, -0.1) is 11.8 Å². The van der Waals surface area contributed by atoms with E-state index in [4.69, 9.17) is 10.3 Å². The van der Waals surface area contributed by atoms with E-state index in [9.17, 15) is 4.79 Å². The van der Waals surface area contributed by atoms with Gasteiger partial charge in [0.05, 0.1) is 18.4 Å². The minimum absolute atomic E-state index is 0.177. The lowest BCUT2D eigenvalue weighted by molar-refractivity contribution is -0.120. The Labute approximate surface area is 116 Å². The Kier molecular flexibility index (Phi) is 5.06. The van der Waals surface area contributed by atoms with Crippen LogP contribution in [0.2, 0.25) is 0 Å². The maximum atomic E-state index is 11.3. The van der Waals surface area contributed by atoms with Gasteiger partial charge < -0.3 is 4.42 Å². The summed E-state index contributed by atoms with van der Waals surface area (Å²) in [5.41, 5.74) is 4.33. The van der Waals surface area contributed by atoms with E-state index in [0.29, 0.717) is 6.42 Å². The molecule has 1 aromatic heterocycles. The van der Waals surface area contributed by atoms with Gasteiger partial charge in [0.2, 0.25) is 5.91 Å². The topological polar surface area (TPSA) is 68.3 Å². The normalized spacial score (nSPS) is 10.4. The number of thioether (sulfide) groups is 1. The number of rotatable bonds is 6. The fourth-order valence-corrected chi connectivity index (χ4v) is 2.72. The van der Waals surface area contributed by atoms with Crippen LogP contribution in [0.1, 0.15) is 16.9 Å². The van der Waals surface area contributed by atoms with E-state index in [2.05, 4.69) is 5.43 Å². The van der Waals surface area contributed by atoms with E-state index in [0.717, 1.165) is 28.4 Å². The van der Waals surface area contributed by atoms with Gasteiger partial charge in [-0.25, -0.2) is 5.84 Å². The number of carbonyl (C=O) groups is 1. The zero-order valence-electron chi connectivity index (χ0n) is 10.5. The van der Waals surface area contributed by atoms with E-state index >= 15 is 0 Å². The highest BCUT2D eigenvalue weighted by Gasteiger charge is 2.07. The summed E-state index contributed by atoms with van der Waals surface area (Å²) >= 11 is 1.76. The first kappa shape index (κ1) is 13.7. The third kappa shape index (κ3) is 4.15. The molecule has 1 amide bonds. The van der Waals surface area contributed by atoms with E-state index in [-0.39, 0.29) is 5.91 Å². The molecule has 3 N–H and O–H groups in total. The van der Waals surface area contributed by atoms with Crippen LogP contribution in [0.3, 0.4) is 0 Å². The second-order valence-corrected chi connectivity index (χ2v) is 5.07. The molecule has 19 heavy (non-hydrogen) atoms. The maximum Gasteiger partial charge on any atom is 0.238 e. The van der Waals surface area contributed by atoms with Gasteiger partial charge in [0.15, 0.2) is 0 Å². The predicted octanol–water partition coefficient (Wildman–Crippen LogP) is 2.25. The number of carbonyl (C=O) groups excluding carboxylic acids is 1. The van der Waals surface area contributed by atoms with Crippen molar-refractivity contribution in [1.82, 2.24) is 5.43 Å². The van der Waals surface area contributed by atoms with E-state index in [1.165, 1.54) is 0 Å². The van der Waals surface area contributed by atoms with Crippen molar-refractivity contribution in [1.29, 1.82) is 0 Å². The van der Waals surface area contributed by atoms with Crippen molar-refractivity contribution >= 4 is 17.7 Å². The van der Waals surface area contributed by atoms with Gasteiger partial charge in [0.25, 0.3) is 0 Å². The van der Waals surface area contributed by atoms with Crippen LogP contribution in [-0.2, 0) is 22.7 Å². The predicted molar refractivity (Wildman–Crippen MR) is 76.2 cm³/mol.